The van der Waals surface area contributed by atoms with Crippen LogP contribution >= 0.6 is 0 Å². The van der Waals surface area contributed by atoms with Crippen molar-refractivity contribution in [3.8, 4) is 102 Å². The van der Waals surface area contributed by atoms with Gasteiger partial charge < -0.3 is 23.7 Å². The number of rotatable bonds is 0. The zero-order chi connectivity index (χ0) is 69.9. The summed E-state index contributed by atoms with van der Waals surface area (Å²) in [5.41, 5.74) is 14.1. The van der Waals surface area contributed by atoms with Crippen molar-refractivity contribution in [3.63, 3.8) is 0 Å². The van der Waals surface area contributed by atoms with Crippen LogP contribution in [0.2, 0.25) is 0 Å². The number of benzene rings is 17. The molecule has 5 heterocycles. The predicted molar refractivity (Wildman–Crippen MR) is 432 cm³/mol. The first-order valence-corrected chi connectivity index (χ1v) is 36.4. The number of para-hydroxylation sites is 2. The van der Waals surface area contributed by atoms with Gasteiger partial charge in [0, 0.05) is 66.2 Å². The van der Waals surface area contributed by atoms with Crippen LogP contribution in [0.4, 0.5) is 0 Å². The van der Waals surface area contributed by atoms with Gasteiger partial charge in [-0.3, -0.25) is 0 Å². The van der Waals surface area contributed by atoms with Crippen LogP contribution in [-0.4, -0.2) is 0 Å². The molecule has 0 amide bonds. The fraction of sp³-hybridized carbons (Fsp3) is 0.102. The summed E-state index contributed by atoms with van der Waals surface area (Å²) in [6, 6.07) is 112. The van der Waals surface area contributed by atoms with E-state index in [1.54, 1.807) is 0 Å². The molecular weight excluding hydrogens is 1260 g/mol. The zero-order valence-corrected chi connectivity index (χ0v) is 58.8. The minimum Gasteiger partial charge on any atom is -0.457 e. The molecular formula is C98H78O5. The maximum Gasteiger partial charge on any atom is 0.143 e. The van der Waals surface area contributed by atoms with Crippen LogP contribution in [0, 0.1) is 0 Å². The molecule has 1 unspecified atom stereocenters. The Labute approximate surface area is 602 Å². The van der Waals surface area contributed by atoms with E-state index in [-0.39, 0.29) is 0 Å². The van der Waals surface area contributed by atoms with Gasteiger partial charge in [-0.05, 0) is 162 Å². The van der Waals surface area contributed by atoms with Crippen molar-refractivity contribution in [3.05, 3.63) is 338 Å². The molecule has 17 aromatic carbocycles. The summed E-state index contributed by atoms with van der Waals surface area (Å²) in [4.78, 5) is 0. The second kappa shape index (κ2) is 28.7. The summed E-state index contributed by atoms with van der Waals surface area (Å²) in [5, 5.41) is 17.1. The van der Waals surface area contributed by atoms with Crippen molar-refractivity contribution in [2.24, 2.45) is 0 Å². The van der Waals surface area contributed by atoms with Crippen LogP contribution < -0.4 is 23.7 Å². The number of hydrogen-bond acceptors (Lipinski definition) is 5. The van der Waals surface area contributed by atoms with Gasteiger partial charge in [0.2, 0.25) is 0 Å². The van der Waals surface area contributed by atoms with E-state index in [0.717, 1.165) is 57.5 Å². The quantitative estimate of drug-likeness (QED) is 0.151. The van der Waals surface area contributed by atoms with Crippen LogP contribution in [0.1, 0.15) is 77.0 Å². The number of aryl methyl sites for hydroxylation is 1. The molecule has 103 heavy (non-hydrogen) atoms. The van der Waals surface area contributed by atoms with Gasteiger partial charge in [-0.25, -0.2) is 0 Å². The molecule has 5 aliphatic heterocycles. The first kappa shape index (κ1) is 65.2. The van der Waals surface area contributed by atoms with E-state index in [1.807, 2.05) is 90.1 Å². The Balaban J connectivity index is 0.0000000978. The molecule has 5 heteroatoms. The Kier molecular flexibility index (Phi) is 18.1. The van der Waals surface area contributed by atoms with E-state index in [4.69, 9.17) is 23.7 Å². The fourth-order valence-corrected chi connectivity index (χ4v) is 15.6. The van der Waals surface area contributed by atoms with Gasteiger partial charge in [0.15, 0.2) is 0 Å². The molecule has 0 fully saturated rings. The summed E-state index contributed by atoms with van der Waals surface area (Å²) >= 11 is 0. The maximum absolute atomic E-state index is 6.26. The van der Waals surface area contributed by atoms with E-state index >= 15 is 0 Å². The minimum atomic E-state index is 0.555. The van der Waals surface area contributed by atoms with Crippen molar-refractivity contribution in [2.75, 3.05) is 0 Å². The zero-order valence-electron chi connectivity index (χ0n) is 58.8. The maximum atomic E-state index is 6.26. The van der Waals surface area contributed by atoms with Gasteiger partial charge in [0.25, 0.3) is 0 Å². The van der Waals surface area contributed by atoms with E-state index < -0.39 is 0 Å². The largest absolute Gasteiger partial charge is 0.457 e. The summed E-state index contributed by atoms with van der Waals surface area (Å²) in [6.07, 6.45) is 3.74. The molecule has 17 aromatic rings. The summed E-state index contributed by atoms with van der Waals surface area (Å²) in [5.74, 6) is 10.3. The van der Waals surface area contributed by atoms with Gasteiger partial charge in [-0.15, -0.1) is 0 Å². The van der Waals surface area contributed by atoms with Crippen molar-refractivity contribution in [1.29, 1.82) is 0 Å². The highest BCUT2D eigenvalue weighted by Crippen LogP contribution is 2.54. The molecule has 0 spiro atoms. The van der Waals surface area contributed by atoms with E-state index in [2.05, 4.69) is 273 Å². The first-order chi connectivity index (χ1) is 51.1. The van der Waals surface area contributed by atoms with Gasteiger partial charge in [-0.2, -0.15) is 0 Å². The molecule has 1 atom stereocenters. The molecule has 1 aliphatic carbocycles. The summed E-state index contributed by atoms with van der Waals surface area (Å²) in [6.45, 7) is 12.0. The average Bonchev–Trinajstić information content (AvgIpc) is 0.747. The molecule has 5 nitrogen and oxygen atoms in total. The SMILES string of the molecule is CC.CC.CC.c1ccc2c(c1)Oc1cccc3c1C2CCC3.c1ccc2c(c1)Oc1cccc3cccc-2c13.c1ccc2c3c(ccc2c1)-c1cccc2cccc(c12)O3.c1ccc2c3c(ccc2c1)Oc1cccc2cccc-3c12.c1ccc2cc3c(cc2c1)Oc1cccc2cccc-3c12. The number of ether oxygens (including phenoxy) is 5. The molecule has 0 N–H and O–H groups in total. The Morgan fingerprint density at radius 3 is 1.27 bits per heavy atom. The minimum absolute atomic E-state index is 0.555. The van der Waals surface area contributed by atoms with Gasteiger partial charge >= 0.3 is 0 Å². The van der Waals surface area contributed by atoms with Crippen LogP contribution in [0.3, 0.4) is 0 Å². The van der Waals surface area contributed by atoms with Crippen molar-refractivity contribution < 1.29 is 23.7 Å². The number of fused-ring (bicyclic) bond motifs is 15. The lowest BCUT2D eigenvalue weighted by Gasteiger charge is -2.33. The normalized spacial score (nSPS) is 12.9. The van der Waals surface area contributed by atoms with Crippen molar-refractivity contribution in [2.45, 2.75) is 66.7 Å². The molecule has 0 saturated carbocycles. The molecule has 23 rings (SSSR count). The third-order valence-corrected chi connectivity index (χ3v) is 19.9. The van der Waals surface area contributed by atoms with Gasteiger partial charge in [0.1, 0.15) is 57.5 Å². The standard InChI is InChI=1S/3C20H12O.C16H14O.C16H10O.3C2H6/c1-2-8-15-13(5-1)11-12-17-16-9-3-6-14-7-4-10-18(19(14)16)21-20(15)17;1-2-8-15-13(5-1)11-12-18-20(15)16-9-3-6-14-7-4-10-17(21-18)19(14)16;1-2-6-15-12-19-17(11-14(15)5-1)16-9-3-7-13-8-4-10-18(21-19)20(13)16;2*1-2-9-14-12(7-1)13-8-3-5-11-6-4-10-15(17-14)16(11)13;3*1-2/h3*1-12H;1-2,4,6-7,9-10,13H,3,5,8H2;1-10H;3*1-2H3. The fourth-order valence-electron chi connectivity index (χ4n) is 15.6. The van der Waals surface area contributed by atoms with Crippen molar-refractivity contribution >= 4 is 75.4 Å². The monoisotopic (exact) mass is 1330 g/mol. The first-order valence-electron chi connectivity index (χ1n) is 36.4. The third kappa shape index (κ3) is 11.9. The number of hydrogen-bond donors (Lipinski definition) is 0. The Morgan fingerprint density at radius 2 is 0.641 bits per heavy atom. The Morgan fingerprint density at radius 1 is 0.243 bits per heavy atom. The molecule has 500 valence electrons. The van der Waals surface area contributed by atoms with Gasteiger partial charge in [-0.1, -0.05) is 296 Å². The Bertz CT molecular complexity index is 5980. The lowest BCUT2D eigenvalue weighted by molar-refractivity contribution is 0.428. The highest BCUT2D eigenvalue weighted by atomic mass is 16.5. The smallest absolute Gasteiger partial charge is 0.143 e. The molecule has 6 aliphatic rings. The van der Waals surface area contributed by atoms with E-state index in [0.29, 0.717) is 5.92 Å². The van der Waals surface area contributed by atoms with Crippen LogP contribution in [0.15, 0.2) is 322 Å². The molecule has 0 saturated heterocycles. The topological polar surface area (TPSA) is 46.2 Å². The highest BCUT2D eigenvalue weighted by Gasteiger charge is 2.32. The molecule has 0 radical (unpaired) electrons. The predicted octanol–water partition coefficient (Wildman–Crippen LogP) is 29.2. The second-order valence-electron chi connectivity index (χ2n) is 25.5. The van der Waals surface area contributed by atoms with Crippen LogP contribution in [0.25, 0.3) is 120 Å². The third-order valence-electron chi connectivity index (χ3n) is 19.9. The summed E-state index contributed by atoms with van der Waals surface area (Å²) in [7, 11) is 0. The second-order valence-corrected chi connectivity index (χ2v) is 25.5. The van der Waals surface area contributed by atoms with E-state index in [9.17, 15) is 0 Å². The van der Waals surface area contributed by atoms with Gasteiger partial charge in [0.05, 0.1) is 0 Å². The lowest BCUT2D eigenvalue weighted by atomic mass is 9.77. The average molecular weight is 1340 g/mol. The van der Waals surface area contributed by atoms with Crippen molar-refractivity contribution in [1.82, 2.24) is 0 Å². The van der Waals surface area contributed by atoms with Crippen LogP contribution in [-0.2, 0) is 6.42 Å². The summed E-state index contributed by atoms with van der Waals surface area (Å²) < 4.78 is 30.6. The van der Waals surface area contributed by atoms with Crippen LogP contribution in [0.5, 0.6) is 57.5 Å². The molecule has 0 bridgehead atoms. The highest BCUT2D eigenvalue weighted by molar-refractivity contribution is 6.13. The van der Waals surface area contributed by atoms with E-state index in [1.165, 1.54) is 156 Å². The Hall–Kier alpha value is -12.4. The lowest BCUT2D eigenvalue weighted by Crippen LogP contribution is -2.16. The molecule has 0 aromatic heterocycles.